The van der Waals surface area contributed by atoms with Crippen molar-refractivity contribution in [2.75, 3.05) is 0 Å². The van der Waals surface area contributed by atoms with Gasteiger partial charge < -0.3 is 0 Å². The summed E-state index contributed by atoms with van der Waals surface area (Å²) < 4.78 is 0. The minimum absolute atomic E-state index is 1.14. The third-order valence-electron chi connectivity index (χ3n) is 3.44. The Balaban J connectivity index is 2.80. The fourth-order valence-corrected chi connectivity index (χ4v) is 2.16. The van der Waals surface area contributed by atoms with Crippen molar-refractivity contribution in [3.8, 4) is 0 Å². The average Bonchev–Trinajstić information content (AvgIpc) is 2.65. The van der Waals surface area contributed by atoms with E-state index in [1.807, 2.05) is 97.1 Å². The van der Waals surface area contributed by atoms with E-state index in [9.17, 15) is 0 Å². The van der Waals surface area contributed by atoms with Crippen LogP contribution in [-0.2, 0) is 0 Å². The molecule has 0 atom stereocenters. The topological polar surface area (TPSA) is 0 Å². The highest BCUT2D eigenvalue weighted by molar-refractivity contribution is 5.79. The Bertz CT molecular complexity index is 761. The Morgan fingerprint density at radius 1 is 0.192 bits per heavy atom. The lowest BCUT2D eigenvalue weighted by Gasteiger charge is -1.87. The van der Waals surface area contributed by atoms with Crippen LogP contribution >= 0.6 is 0 Å². The summed E-state index contributed by atoms with van der Waals surface area (Å²) in [6, 6.07) is 49.1. The van der Waals surface area contributed by atoms with Gasteiger partial charge in [0, 0.05) is 0 Å². The Morgan fingerprint density at radius 2 is 0.346 bits per heavy atom. The fourth-order valence-electron chi connectivity index (χ4n) is 2.16. The van der Waals surface area contributed by atoms with Crippen LogP contribution in [0.2, 0.25) is 0 Å². The molecule has 26 heavy (non-hydrogen) atoms. The van der Waals surface area contributed by atoms with Gasteiger partial charge in [-0.3, -0.25) is 0 Å². The van der Waals surface area contributed by atoms with E-state index in [0.717, 1.165) is 10.8 Å². The maximum atomic E-state index is 2.12. The lowest BCUT2D eigenvalue weighted by Crippen LogP contribution is -1.61. The molecule has 128 valence electrons. The first-order valence-corrected chi connectivity index (χ1v) is 8.74. The second kappa shape index (κ2) is 13.0. The van der Waals surface area contributed by atoms with Crippen LogP contribution in [-0.4, -0.2) is 0 Å². The molecule has 0 nitrogen and oxygen atoms in total. The first-order valence-electron chi connectivity index (χ1n) is 8.74. The van der Waals surface area contributed by atoms with E-state index in [2.05, 4.69) is 48.5 Å². The van der Waals surface area contributed by atoms with Gasteiger partial charge in [-0.05, 0) is 10.8 Å². The second-order valence-electron chi connectivity index (χ2n) is 5.43. The molecule has 0 spiro atoms. The van der Waals surface area contributed by atoms with E-state index in [1.165, 1.54) is 0 Å². The van der Waals surface area contributed by atoms with Crippen LogP contribution in [0.25, 0.3) is 10.8 Å². The van der Waals surface area contributed by atoms with E-state index in [1.54, 1.807) is 0 Å². The molecular formula is C26H24. The van der Waals surface area contributed by atoms with Gasteiger partial charge in [-0.15, -0.1) is 0 Å². The highest BCUT2D eigenvalue weighted by atomic mass is 13.9. The van der Waals surface area contributed by atoms with E-state index in [4.69, 9.17) is 0 Å². The SMILES string of the molecule is c1ccccccc2ccccccccccccc2ccccc1. The van der Waals surface area contributed by atoms with Gasteiger partial charge in [0.05, 0.1) is 0 Å². The highest BCUT2D eigenvalue weighted by Crippen LogP contribution is 2.06. The Hall–Kier alpha value is -3.38. The van der Waals surface area contributed by atoms with Crippen molar-refractivity contribution in [2.24, 2.45) is 0 Å². The standard InChI is InChI=1S/C26H24/c1-2-6-10-14-18-22-26-24-20-16-12-8-4-3-7-11-15-19-23-25(26)21-17-13-9-5-1/h1-24H. The summed E-state index contributed by atoms with van der Waals surface area (Å²) in [5.74, 6) is 0. The Kier molecular flexibility index (Phi) is 9.46. The van der Waals surface area contributed by atoms with Crippen molar-refractivity contribution in [3.05, 3.63) is 146 Å². The molecule has 2 rings (SSSR count). The summed E-state index contributed by atoms with van der Waals surface area (Å²) in [4.78, 5) is 0. The molecule has 0 aliphatic carbocycles. The number of rotatable bonds is 0. The number of fused-ring (bicyclic) bond motifs is 1. The summed E-state index contributed by atoms with van der Waals surface area (Å²) in [5.41, 5.74) is 0. The molecule has 2 aromatic carbocycles. The van der Waals surface area contributed by atoms with Gasteiger partial charge in [-0.2, -0.15) is 0 Å². The Labute approximate surface area is 156 Å². The molecule has 0 heterocycles. The van der Waals surface area contributed by atoms with Crippen LogP contribution in [0.4, 0.5) is 0 Å². The fraction of sp³-hybridized carbons (Fsp3) is 0. The average molecular weight is 336 g/mol. The lowest BCUT2D eigenvalue weighted by atomic mass is 10.2. The van der Waals surface area contributed by atoms with Crippen molar-refractivity contribution >= 4 is 10.8 Å². The molecule has 0 unspecified atom stereocenters. The first kappa shape index (κ1) is 19.0. The number of hydrogen-bond acceptors (Lipinski definition) is 0. The van der Waals surface area contributed by atoms with Crippen molar-refractivity contribution in [1.29, 1.82) is 0 Å². The molecule has 0 aromatic heterocycles. The van der Waals surface area contributed by atoms with Crippen LogP contribution < -0.4 is 0 Å². The van der Waals surface area contributed by atoms with Crippen molar-refractivity contribution in [1.82, 2.24) is 0 Å². The van der Waals surface area contributed by atoms with Gasteiger partial charge in [0.1, 0.15) is 0 Å². The summed E-state index contributed by atoms with van der Waals surface area (Å²) in [6.07, 6.45) is 0. The van der Waals surface area contributed by atoms with Gasteiger partial charge in [0.15, 0.2) is 0 Å². The van der Waals surface area contributed by atoms with E-state index < -0.39 is 0 Å². The smallest absolute Gasteiger partial charge is 0.0184 e. The molecule has 0 saturated heterocycles. The maximum Gasteiger partial charge on any atom is -0.0184 e. The largest absolute Gasteiger partial charge is 0.0623 e. The predicted octanol–water partition coefficient (Wildman–Crippen LogP) is 7.34. The molecule has 2 aromatic rings. The molecule has 0 bridgehead atoms. The third kappa shape index (κ3) is 8.47. The van der Waals surface area contributed by atoms with Gasteiger partial charge in [0.25, 0.3) is 0 Å². The minimum atomic E-state index is 1.14. The normalized spacial score (nSPS) is 8.77. The molecule has 0 N–H and O–H groups in total. The molecule has 0 heteroatoms. The molecule has 0 fully saturated rings. The molecule has 0 saturated carbocycles. The molecule has 0 aliphatic rings. The zero-order valence-electron chi connectivity index (χ0n) is 14.9. The maximum absolute atomic E-state index is 2.12. The van der Waals surface area contributed by atoms with Crippen LogP contribution in [0.15, 0.2) is 146 Å². The molecule has 0 aliphatic heterocycles. The molecule has 0 radical (unpaired) electrons. The predicted molar refractivity (Wildman–Crippen MR) is 114 cm³/mol. The third-order valence-corrected chi connectivity index (χ3v) is 3.44. The quantitative estimate of drug-likeness (QED) is 0.472. The van der Waals surface area contributed by atoms with Crippen LogP contribution in [0, 0.1) is 0 Å². The van der Waals surface area contributed by atoms with Gasteiger partial charge in [0.2, 0.25) is 0 Å². The lowest BCUT2D eigenvalue weighted by molar-refractivity contribution is 1.73. The summed E-state index contributed by atoms with van der Waals surface area (Å²) in [6.45, 7) is 0. The minimum Gasteiger partial charge on any atom is -0.0623 e. The second-order valence-corrected chi connectivity index (χ2v) is 5.43. The van der Waals surface area contributed by atoms with Crippen LogP contribution in [0.1, 0.15) is 0 Å². The van der Waals surface area contributed by atoms with Gasteiger partial charge in [-0.1, -0.05) is 146 Å². The monoisotopic (exact) mass is 336 g/mol. The Morgan fingerprint density at radius 3 is 0.538 bits per heavy atom. The number of hydrogen-bond donors (Lipinski definition) is 0. The zero-order valence-corrected chi connectivity index (χ0v) is 14.9. The first-order chi connectivity index (χ1) is 13.0. The van der Waals surface area contributed by atoms with E-state index in [0.29, 0.717) is 0 Å². The van der Waals surface area contributed by atoms with E-state index in [-0.39, 0.29) is 0 Å². The summed E-state index contributed by atoms with van der Waals surface area (Å²) >= 11 is 0. The van der Waals surface area contributed by atoms with Gasteiger partial charge in [-0.25, -0.2) is 0 Å². The molecule has 0 amide bonds. The van der Waals surface area contributed by atoms with Crippen LogP contribution in [0.3, 0.4) is 0 Å². The van der Waals surface area contributed by atoms with Crippen molar-refractivity contribution in [3.63, 3.8) is 0 Å². The molecular weight excluding hydrogens is 312 g/mol. The van der Waals surface area contributed by atoms with Crippen LogP contribution in [0.5, 0.6) is 0 Å². The zero-order chi connectivity index (χ0) is 18.1. The summed E-state index contributed by atoms with van der Waals surface area (Å²) in [7, 11) is 0. The highest BCUT2D eigenvalue weighted by Gasteiger charge is 1.80. The van der Waals surface area contributed by atoms with Crippen molar-refractivity contribution < 1.29 is 0 Å². The summed E-state index contributed by atoms with van der Waals surface area (Å²) in [5, 5.41) is 2.28. The van der Waals surface area contributed by atoms with E-state index >= 15 is 0 Å². The van der Waals surface area contributed by atoms with Crippen molar-refractivity contribution in [2.45, 2.75) is 0 Å². The van der Waals surface area contributed by atoms with Gasteiger partial charge >= 0.3 is 0 Å².